The van der Waals surface area contributed by atoms with Crippen LogP contribution in [0.2, 0.25) is 0 Å². The molecule has 0 radical (unpaired) electrons. The molecule has 17 heavy (non-hydrogen) atoms. The van der Waals surface area contributed by atoms with Crippen molar-refractivity contribution in [3.63, 3.8) is 0 Å². The Morgan fingerprint density at radius 1 is 1.47 bits per heavy atom. The van der Waals surface area contributed by atoms with Crippen molar-refractivity contribution in [2.45, 2.75) is 17.0 Å². The molecule has 0 N–H and O–H groups in total. The fraction of sp³-hybridized carbons (Fsp3) is 0.182. The summed E-state index contributed by atoms with van der Waals surface area (Å²) in [4.78, 5) is 15.5. The highest BCUT2D eigenvalue weighted by Crippen LogP contribution is 2.28. The van der Waals surface area contributed by atoms with Gasteiger partial charge in [-0.15, -0.1) is 0 Å². The van der Waals surface area contributed by atoms with Gasteiger partial charge in [-0.2, -0.15) is 5.10 Å². The van der Waals surface area contributed by atoms with E-state index in [-0.39, 0.29) is 5.78 Å². The molecule has 6 heteroatoms. The fourth-order valence-corrected chi connectivity index (χ4v) is 2.05. The molecule has 88 valence electrons. The number of Topliss-reactive ketones (excluding diaryl/α,β-unsaturated/α-hetero) is 1. The molecule has 1 aromatic heterocycles. The molecule has 0 saturated heterocycles. The zero-order valence-electron chi connectivity index (χ0n) is 9.35. The van der Waals surface area contributed by atoms with Crippen LogP contribution in [0.4, 0.5) is 4.39 Å². The lowest BCUT2D eigenvalue weighted by molar-refractivity contribution is 0.101. The number of hydrogen-bond donors (Lipinski definition) is 0. The summed E-state index contributed by atoms with van der Waals surface area (Å²) in [6.45, 7) is 1.41. The van der Waals surface area contributed by atoms with Crippen molar-refractivity contribution in [1.82, 2.24) is 14.8 Å². The molecule has 0 spiro atoms. The average Bonchev–Trinajstić information content (AvgIpc) is 2.67. The van der Waals surface area contributed by atoms with E-state index in [1.165, 1.54) is 31.1 Å². The number of aryl methyl sites for hydroxylation is 1. The van der Waals surface area contributed by atoms with Crippen molar-refractivity contribution in [2.24, 2.45) is 7.05 Å². The van der Waals surface area contributed by atoms with Gasteiger partial charge in [0.15, 0.2) is 10.9 Å². The molecule has 0 amide bonds. The van der Waals surface area contributed by atoms with Gasteiger partial charge in [0.05, 0.1) is 4.90 Å². The molecule has 0 aliphatic carbocycles. The molecule has 4 nitrogen and oxygen atoms in total. The van der Waals surface area contributed by atoms with Crippen LogP contribution in [0, 0.1) is 5.82 Å². The minimum atomic E-state index is -0.425. The predicted molar refractivity (Wildman–Crippen MR) is 61.5 cm³/mol. The molecule has 0 aliphatic heterocycles. The molecule has 2 aromatic rings. The summed E-state index contributed by atoms with van der Waals surface area (Å²) in [5.41, 5.74) is 0.366. The van der Waals surface area contributed by atoms with Crippen LogP contribution in [0.15, 0.2) is 34.6 Å². The summed E-state index contributed by atoms with van der Waals surface area (Å²) in [5, 5.41) is 4.49. The summed E-state index contributed by atoms with van der Waals surface area (Å²) in [7, 11) is 1.73. The Kier molecular flexibility index (Phi) is 3.23. The standard InChI is InChI=1S/C11H10FN3OS/c1-7(16)8-3-4-10(9(12)5-8)17-11-13-6-14-15(11)2/h3-6H,1-2H3. The summed E-state index contributed by atoms with van der Waals surface area (Å²) in [6.07, 6.45) is 1.41. The third-order valence-electron chi connectivity index (χ3n) is 2.21. The van der Waals surface area contributed by atoms with Gasteiger partial charge in [0.2, 0.25) is 0 Å². The van der Waals surface area contributed by atoms with Crippen LogP contribution in [-0.2, 0) is 7.05 Å². The van der Waals surface area contributed by atoms with Crippen molar-refractivity contribution in [1.29, 1.82) is 0 Å². The first-order valence-corrected chi connectivity index (χ1v) is 5.72. The Balaban J connectivity index is 2.29. The number of aromatic nitrogens is 3. The van der Waals surface area contributed by atoms with Crippen molar-refractivity contribution in [2.75, 3.05) is 0 Å². The van der Waals surface area contributed by atoms with E-state index in [1.807, 2.05) is 0 Å². The van der Waals surface area contributed by atoms with Gasteiger partial charge >= 0.3 is 0 Å². The number of benzene rings is 1. The van der Waals surface area contributed by atoms with E-state index in [1.54, 1.807) is 23.9 Å². The molecule has 1 heterocycles. The van der Waals surface area contributed by atoms with Gasteiger partial charge in [-0.1, -0.05) is 6.07 Å². The van der Waals surface area contributed by atoms with Gasteiger partial charge < -0.3 is 0 Å². The van der Waals surface area contributed by atoms with Crippen LogP contribution >= 0.6 is 11.8 Å². The molecule has 2 rings (SSSR count). The lowest BCUT2D eigenvalue weighted by atomic mass is 10.1. The largest absolute Gasteiger partial charge is 0.295 e. The van der Waals surface area contributed by atoms with Crippen LogP contribution in [0.25, 0.3) is 0 Å². The molecule has 0 bridgehead atoms. The van der Waals surface area contributed by atoms with E-state index in [2.05, 4.69) is 10.1 Å². The van der Waals surface area contributed by atoms with E-state index < -0.39 is 5.82 Å². The Morgan fingerprint density at radius 3 is 2.76 bits per heavy atom. The van der Waals surface area contributed by atoms with Gasteiger partial charge in [-0.05, 0) is 30.8 Å². The minimum Gasteiger partial charge on any atom is -0.295 e. The highest BCUT2D eigenvalue weighted by Gasteiger charge is 2.10. The molecule has 0 aliphatic rings. The molecule has 1 aromatic carbocycles. The lowest BCUT2D eigenvalue weighted by Gasteiger charge is -2.03. The predicted octanol–water partition coefficient (Wildman–Crippen LogP) is 2.31. The maximum atomic E-state index is 13.7. The Morgan fingerprint density at radius 2 is 2.24 bits per heavy atom. The number of ketones is 1. The van der Waals surface area contributed by atoms with Gasteiger partial charge in [0.25, 0.3) is 0 Å². The van der Waals surface area contributed by atoms with Crippen LogP contribution in [0.5, 0.6) is 0 Å². The van der Waals surface area contributed by atoms with Gasteiger partial charge in [0, 0.05) is 12.6 Å². The second kappa shape index (κ2) is 4.67. The molecular weight excluding hydrogens is 241 g/mol. The van der Waals surface area contributed by atoms with Gasteiger partial charge in [-0.25, -0.2) is 14.1 Å². The molecule has 0 fully saturated rings. The van der Waals surface area contributed by atoms with E-state index in [9.17, 15) is 9.18 Å². The van der Waals surface area contributed by atoms with Gasteiger partial charge in [0.1, 0.15) is 12.1 Å². The summed E-state index contributed by atoms with van der Waals surface area (Å²) in [5.74, 6) is -0.579. The first kappa shape index (κ1) is 11.8. The quantitative estimate of drug-likeness (QED) is 0.785. The average molecular weight is 251 g/mol. The highest BCUT2D eigenvalue weighted by molar-refractivity contribution is 7.99. The Hall–Kier alpha value is -1.69. The lowest BCUT2D eigenvalue weighted by Crippen LogP contribution is -1.96. The number of nitrogens with zero attached hydrogens (tertiary/aromatic N) is 3. The number of rotatable bonds is 3. The van der Waals surface area contributed by atoms with E-state index in [4.69, 9.17) is 0 Å². The molecule has 0 saturated carbocycles. The van der Waals surface area contributed by atoms with Crippen molar-refractivity contribution < 1.29 is 9.18 Å². The number of carbonyl (C=O) groups excluding carboxylic acids is 1. The van der Waals surface area contributed by atoms with Crippen LogP contribution < -0.4 is 0 Å². The molecule has 0 atom stereocenters. The summed E-state index contributed by atoms with van der Waals surface area (Å²) in [6, 6.07) is 4.41. The van der Waals surface area contributed by atoms with Crippen molar-refractivity contribution in [3.8, 4) is 0 Å². The van der Waals surface area contributed by atoms with Crippen LogP contribution in [0.1, 0.15) is 17.3 Å². The fourth-order valence-electron chi connectivity index (χ4n) is 1.28. The van der Waals surface area contributed by atoms with E-state index in [0.29, 0.717) is 15.6 Å². The zero-order valence-corrected chi connectivity index (χ0v) is 10.2. The van der Waals surface area contributed by atoms with Crippen LogP contribution in [0.3, 0.4) is 0 Å². The SMILES string of the molecule is CC(=O)c1ccc(Sc2ncnn2C)c(F)c1. The maximum Gasteiger partial charge on any atom is 0.190 e. The van der Waals surface area contributed by atoms with Crippen molar-refractivity contribution in [3.05, 3.63) is 35.9 Å². The summed E-state index contributed by atoms with van der Waals surface area (Å²) >= 11 is 1.17. The number of carbonyl (C=O) groups is 1. The summed E-state index contributed by atoms with van der Waals surface area (Å²) < 4.78 is 15.3. The Bertz CT molecular complexity index is 568. The topological polar surface area (TPSA) is 47.8 Å². The van der Waals surface area contributed by atoms with E-state index >= 15 is 0 Å². The smallest absolute Gasteiger partial charge is 0.190 e. The monoisotopic (exact) mass is 251 g/mol. The number of hydrogen-bond acceptors (Lipinski definition) is 4. The first-order valence-electron chi connectivity index (χ1n) is 4.90. The third-order valence-corrected chi connectivity index (χ3v) is 3.31. The zero-order chi connectivity index (χ0) is 12.4. The Labute approximate surface area is 102 Å². The molecular formula is C11H10FN3OS. The highest BCUT2D eigenvalue weighted by atomic mass is 32.2. The molecule has 0 unspecified atom stereocenters. The first-order chi connectivity index (χ1) is 8.08. The minimum absolute atomic E-state index is 0.154. The maximum absolute atomic E-state index is 13.7. The second-order valence-electron chi connectivity index (χ2n) is 3.47. The van der Waals surface area contributed by atoms with Crippen LogP contribution in [-0.4, -0.2) is 20.5 Å². The normalized spacial score (nSPS) is 10.5. The van der Waals surface area contributed by atoms with Gasteiger partial charge in [-0.3, -0.25) is 4.79 Å². The second-order valence-corrected chi connectivity index (χ2v) is 4.48. The van der Waals surface area contributed by atoms with E-state index in [0.717, 1.165) is 0 Å². The third kappa shape index (κ3) is 2.52. The van der Waals surface area contributed by atoms with Crippen molar-refractivity contribution >= 4 is 17.5 Å². The number of halogens is 1.